The summed E-state index contributed by atoms with van der Waals surface area (Å²) in [7, 11) is 3.76. The highest BCUT2D eigenvalue weighted by Crippen LogP contribution is 1.73. The molecular formula is C5H11NO2. The number of ether oxygens (including phenoxy) is 1. The molecule has 0 spiro atoms. The number of carbonyl (C=O) groups is 1. The highest BCUT2D eigenvalue weighted by molar-refractivity contribution is 5.50. The smallest absolute Gasteiger partial charge is 0.145 e. The van der Waals surface area contributed by atoms with E-state index < -0.39 is 0 Å². The van der Waals surface area contributed by atoms with Gasteiger partial charge in [-0.15, -0.1) is 0 Å². The molecule has 0 heterocycles. The lowest BCUT2D eigenvalue weighted by atomic mass is 10.8. The zero-order valence-corrected chi connectivity index (χ0v) is 5.26. The molecule has 0 amide bonds. The Labute approximate surface area is 49.2 Å². The maximum Gasteiger partial charge on any atom is 0.145 e. The minimum Gasteiger partial charge on any atom is -0.359 e. The van der Waals surface area contributed by atoms with E-state index >= 15 is 0 Å². The van der Waals surface area contributed by atoms with Crippen LogP contribution in [0.25, 0.3) is 0 Å². The van der Waals surface area contributed by atoms with Crippen LogP contribution in [-0.4, -0.2) is 38.6 Å². The zero-order chi connectivity index (χ0) is 6.41. The molecule has 48 valence electrons. The van der Waals surface area contributed by atoms with Gasteiger partial charge in [0.25, 0.3) is 0 Å². The molecule has 0 aromatic heterocycles. The lowest BCUT2D eigenvalue weighted by Gasteiger charge is -2.06. The van der Waals surface area contributed by atoms with Crippen LogP contribution in [0.2, 0.25) is 0 Å². The zero-order valence-electron chi connectivity index (χ0n) is 5.26. The van der Waals surface area contributed by atoms with E-state index in [-0.39, 0.29) is 6.61 Å². The molecule has 0 aliphatic carbocycles. The van der Waals surface area contributed by atoms with Gasteiger partial charge in [0.2, 0.25) is 0 Å². The Morgan fingerprint density at radius 3 is 2.62 bits per heavy atom. The third-order valence-electron chi connectivity index (χ3n) is 0.535. The van der Waals surface area contributed by atoms with Crippen LogP contribution in [0.4, 0.5) is 0 Å². The van der Waals surface area contributed by atoms with Crippen molar-refractivity contribution in [2.75, 3.05) is 27.4 Å². The van der Waals surface area contributed by atoms with Crippen LogP contribution < -0.4 is 0 Å². The number of hydrogen-bond donors (Lipinski definition) is 0. The fourth-order valence-corrected chi connectivity index (χ4v) is 0.283. The predicted molar refractivity (Wildman–Crippen MR) is 30.6 cm³/mol. The van der Waals surface area contributed by atoms with Gasteiger partial charge in [0, 0.05) is 0 Å². The van der Waals surface area contributed by atoms with Gasteiger partial charge in [0.1, 0.15) is 12.9 Å². The average Bonchev–Trinajstić information content (AvgIpc) is 1.66. The van der Waals surface area contributed by atoms with Crippen LogP contribution in [0.15, 0.2) is 0 Å². The molecule has 0 saturated heterocycles. The molecule has 3 nitrogen and oxygen atoms in total. The number of rotatable bonds is 4. The number of nitrogens with zero attached hydrogens (tertiary/aromatic N) is 1. The molecule has 0 unspecified atom stereocenters. The Balaban J connectivity index is 2.81. The van der Waals surface area contributed by atoms with E-state index in [1.165, 1.54) is 0 Å². The lowest BCUT2D eigenvalue weighted by Crippen LogP contribution is -2.16. The van der Waals surface area contributed by atoms with Gasteiger partial charge in [0.15, 0.2) is 0 Å². The Bertz CT molecular complexity index is 63.4. The highest BCUT2D eigenvalue weighted by Gasteiger charge is 1.85. The van der Waals surface area contributed by atoms with Crippen LogP contribution >= 0.6 is 0 Å². The first kappa shape index (κ1) is 7.59. The van der Waals surface area contributed by atoms with Gasteiger partial charge in [-0.3, -0.25) is 4.90 Å². The second-order valence-corrected chi connectivity index (χ2v) is 1.75. The van der Waals surface area contributed by atoms with Crippen molar-refractivity contribution in [1.82, 2.24) is 4.90 Å². The first-order chi connectivity index (χ1) is 3.77. The number of hydrogen-bond acceptors (Lipinski definition) is 3. The van der Waals surface area contributed by atoms with E-state index in [0.717, 1.165) is 6.29 Å². The van der Waals surface area contributed by atoms with Crippen LogP contribution in [0.1, 0.15) is 0 Å². The largest absolute Gasteiger partial charge is 0.359 e. The van der Waals surface area contributed by atoms with Gasteiger partial charge in [-0.05, 0) is 14.1 Å². The Hall–Kier alpha value is -0.410. The minimum atomic E-state index is 0.193. The lowest BCUT2D eigenvalue weighted by molar-refractivity contribution is -0.113. The van der Waals surface area contributed by atoms with Crippen LogP contribution in [0, 0.1) is 0 Å². The van der Waals surface area contributed by atoms with E-state index in [9.17, 15) is 4.79 Å². The summed E-state index contributed by atoms with van der Waals surface area (Å²) in [6.07, 6.45) is 0.740. The molecule has 0 saturated carbocycles. The third-order valence-corrected chi connectivity index (χ3v) is 0.535. The summed E-state index contributed by atoms with van der Waals surface area (Å²) in [6, 6.07) is 0. The summed E-state index contributed by atoms with van der Waals surface area (Å²) in [5.41, 5.74) is 0. The van der Waals surface area contributed by atoms with Gasteiger partial charge in [0.05, 0.1) is 6.73 Å². The summed E-state index contributed by atoms with van der Waals surface area (Å²) in [4.78, 5) is 11.5. The van der Waals surface area contributed by atoms with Crippen molar-refractivity contribution in [2.24, 2.45) is 0 Å². The van der Waals surface area contributed by atoms with Gasteiger partial charge in [-0.1, -0.05) is 0 Å². The van der Waals surface area contributed by atoms with Crippen LogP contribution in [0.5, 0.6) is 0 Å². The molecule has 0 radical (unpaired) electrons. The maximum atomic E-state index is 9.64. The molecule has 0 N–H and O–H groups in total. The van der Waals surface area contributed by atoms with Gasteiger partial charge in [-0.25, -0.2) is 0 Å². The summed E-state index contributed by atoms with van der Waals surface area (Å²) in [6.45, 7) is 0.705. The topological polar surface area (TPSA) is 29.5 Å². The first-order valence-corrected chi connectivity index (χ1v) is 2.43. The normalized spacial score (nSPS) is 9.88. The van der Waals surface area contributed by atoms with Crippen molar-refractivity contribution in [2.45, 2.75) is 0 Å². The van der Waals surface area contributed by atoms with Crippen LogP contribution in [0.3, 0.4) is 0 Å². The van der Waals surface area contributed by atoms with Crippen molar-refractivity contribution in [1.29, 1.82) is 0 Å². The highest BCUT2D eigenvalue weighted by atomic mass is 16.5. The molecule has 0 aromatic carbocycles. The molecule has 0 aromatic rings. The molecule has 0 aliphatic heterocycles. The van der Waals surface area contributed by atoms with Crippen molar-refractivity contribution in [3.05, 3.63) is 0 Å². The molecular weight excluding hydrogens is 106 g/mol. The van der Waals surface area contributed by atoms with Gasteiger partial charge >= 0.3 is 0 Å². The maximum absolute atomic E-state index is 9.64. The second-order valence-electron chi connectivity index (χ2n) is 1.75. The quantitative estimate of drug-likeness (QED) is 0.288. The summed E-state index contributed by atoms with van der Waals surface area (Å²) >= 11 is 0. The molecule has 0 fully saturated rings. The molecule has 3 heteroatoms. The second kappa shape index (κ2) is 4.74. The Morgan fingerprint density at radius 2 is 2.25 bits per heavy atom. The summed E-state index contributed by atoms with van der Waals surface area (Å²) in [5, 5.41) is 0. The standard InChI is InChI=1S/C5H11NO2/c1-6(2)5-8-4-3-7/h3H,4-5H2,1-2H3. The van der Waals surface area contributed by atoms with E-state index in [0.29, 0.717) is 6.73 Å². The van der Waals surface area contributed by atoms with Gasteiger partial charge in [-0.2, -0.15) is 0 Å². The van der Waals surface area contributed by atoms with Crippen molar-refractivity contribution in [3.63, 3.8) is 0 Å². The molecule has 8 heavy (non-hydrogen) atoms. The molecule has 0 bridgehead atoms. The number of carbonyl (C=O) groups excluding carboxylic acids is 1. The monoisotopic (exact) mass is 117 g/mol. The van der Waals surface area contributed by atoms with Gasteiger partial charge < -0.3 is 9.53 Å². The molecule has 0 aliphatic rings. The predicted octanol–water partition coefficient (Wildman–Crippen LogP) is -0.279. The van der Waals surface area contributed by atoms with Crippen LogP contribution in [-0.2, 0) is 9.53 Å². The summed E-state index contributed by atoms with van der Waals surface area (Å²) in [5.74, 6) is 0. The van der Waals surface area contributed by atoms with E-state index in [4.69, 9.17) is 4.74 Å². The molecule has 0 atom stereocenters. The van der Waals surface area contributed by atoms with Crippen molar-refractivity contribution in [3.8, 4) is 0 Å². The fraction of sp³-hybridized carbons (Fsp3) is 0.800. The van der Waals surface area contributed by atoms with Crippen molar-refractivity contribution < 1.29 is 9.53 Å². The fourth-order valence-electron chi connectivity index (χ4n) is 0.283. The average molecular weight is 117 g/mol. The van der Waals surface area contributed by atoms with E-state index in [1.807, 2.05) is 19.0 Å². The third kappa shape index (κ3) is 5.59. The minimum absolute atomic E-state index is 0.193. The van der Waals surface area contributed by atoms with E-state index in [1.54, 1.807) is 0 Å². The molecule has 0 rings (SSSR count). The Kier molecular flexibility index (Phi) is 4.50. The first-order valence-electron chi connectivity index (χ1n) is 2.43. The summed E-state index contributed by atoms with van der Waals surface area (Å²) < 4.78 is 4.80. The van der Waals surface area contributed by atoms with Crippen molar-refractivity contribution >= 4 is 6.29 Å². The number of aldehydes is 1. The van der Waals surface area contributed by atoms with E-state index in [2.05, 4.69) is 0 Å². The SMILES string of the molecule is CN(C)COCC=O. The Morgan fingerprint density at radius 1 is 1.62 bits per heavy atom.